The van der Waals surface area contributed by atoms with Crippen LogP contribution in [0.4, 0.5) is 0 Å². The fraction of sp³-hybridized carbons (Fsp3) is 0.600. The van der Waals surface area contributed by atoms with Crippen LogP contribution >= 0.6 is 15.9 Å². The lowest BCUT2D eigenvalue weighted by molar-refractivity contribution is 0.150. The van der Waals surface area contributed by atoms with Gasteiger partial charge in [0.25, 0.3) is 0 Å². The molecule has 106 valence electrons. The van der Waals surface area contributed by atoms with Crippen LogP contribution in [0.3, 0.4) is 0 Å². The van der Waals surface area contributed by atoms with E-state index in [0.29, 0.717) is 12.3 Å². The maximum Gasteiger partial charge on any atom is 0.164 e. The number of halogens is 1. The minimum atomic E-state index is -0.522. The van der Waals surface area contributed by atoms with Gasteiger partial charge in [-0.2, -0.15) is 0 Å². The molecule has 0 amide bonds. The number of methoxy groups -OCH3 is 2. The number of rotatable bonds is 5. The van der Waals surface area contributed by atoms with Gasteiger partial charge < -0.3 is 14.6 Å². The molecule has 0 aromatic heterocycles. The van der Waals surface area contributed by atoms with Gasteiger partial charge in [-0.15, -0.1) is 0 Å². The Hall–Kier alpha value is -0.740. The van der Waals surface area contributed by atoms with E-state index in [2.05, 4.69) is 29.8 Å². The SMILES string of the molecule is COc1cc(Br)c(CC2(O)CC2)c(C(C)C)c1OC. The van der Waals surface area contributed by atoms with Crippen LogP contribution in [-0.2, 0) is 6.42 Å². The summed E-state index contributed by atoms with van der Waals surface area (Å²) in [4.78, 5) is 0. The molecule has 19 heavy (non-hydrogen) atoms. The molecule has 0 saturated heterocycles. The highest BCUT2D eigenvalue weighted by Gasteiger charge is 2.41. The Bertz CT molecular complexity index is 479. The molecule has 1 aliphatic carbocycles. The van der Waals surface area contributed by atoms with Crippen molar-refractivity contribution in [2.75, 3.05) is 14.2 Å². The first-order chi connectivity index (χ1) is 8.91. The second-order valence-electron chi connectivity index (χ2n) is 5.54. The number of benzene rings is 1. The molecule has 1 aromatic carbocycles. The molecule has 1 fully saturated rings. The summed E-state index contributed by atoms with van der Waals surface area (Å²) < 4.78 is 11.9. The Balaban J connectivity index is 2.56. The summed E-state index contributed by atoms with van der Waals surface area (Å²) in [6.45, 7) is 4.26. The average Bonchev–Trinajstić information content (AvgIpc) is 3.08. The zero-order chi connectivity index (χ0) is 14.2. The number of hydrogen-bond donors (Lipinski definition) is 1. The van der Waals surface area contributed by atoms with Crippen LogP contribution in [0, 0.1) is 0 Å². The molecule has 0 radical (unpaired) electrons. The Morgan fingerprint density at radius 2 is 1.95 bits per heavy atom. The zero-order valence-electron chi connectivity index (χ0n) is 11.9. The van der Waals surface area contributed by atoms with Crippen LogP contribution < -0.4 is 9.47 Å². The van der Waals surface area contributed by atoms with Crippen molar-refractivity contribution in [2.24, 2.45) is 0 Å². The van der Waals surface area contributed by atoms with Crippen molar-refractivity contribution >= 4 is 15.9 Å². The standard InChI is InChI=1S/C15H21BrO3/c1-9(2)13-10(8-15(17)5-6-15)11(16)7-12(18-3)14(13)19-4/h7,9,17H,5-6,8H2,1-4H3. The predicted octanol–water partition coefficient (Wildman–Crippen LogP) is 3.66. The zero-order valence-corrected chi connectivity index (χ0v) is 13.5. The van der Waals surface area contributed by atoms with Crippen LogP contribution in [0.25, 0.3) is 0 Å². The second kappa shape index (κ2) is 5.33. The predicted molar refractivity (Wildman–Crippen MR) is 79.2 cm³/mol. The van der Waals surface area contributed by atoms with Crippen LogP contribution in [0.1, 0.15) is 43.7 Å². The maximum absolute atomic E-state index is 10.2. The minimum absolute atomic E-state index is 0.304. The van der Waals surface area contributed by atoms with Crippen molar-refractivity contribution < 1.29 is 14.6 Å². The molecule has 0 spiro atoms. The smallest absolute Gasteiger partial charge is 0.164 e. The largest absolute Gasteiger partial charge is 0.493 e. The van der Waals surface area contributed by atoms with E-state index in [1.54, 1.807) is 14.2 Å². The monoisotopic (exact) mass is 328 g/mol. The van der Waals surface area contributed by atoms with E-state index in [1.807, 2.05) is 6.07 Å². The highest BCUT2D eigenvalue weighted by atomic mass is 79.9. The van der Waals surface area contributed by atoms with Gasteiger partial charge in [0.1, 0.15) is 0 Å². The molecule has 1 aliphatic rings. The van der Waals surface area contributed by atoms with Crippen LogP contribution in [-0.4, -0.2) is 24.9 Å². The second-order valence-corrected chi connectivity index (χ2v) is 6.40. The van der Waals surface area contributed by atoms with Gasteiger partial charge in [-0.3, -0.25) is 0 Å². The van der Waals surface area contributed by atoms with Gasteiger partial charge >= 0.3 is 0 Å². The van der Waals surface area contributed by atoms with E-state index < -0.39 is 5.60 Å². The Kier molecular flexibility index (Phi) is 4.11. The van der Waals surface area contributed by atoms with Gasteiger partial charge in [-0.25, -0.2) is 0 Å². The molecule has 0 aliphatic heterocycles. The van der Waals surface area contributed by atoms with Crippen molar-refractivity contribution in [1.82, 2.24) is 0 Å². The third-order valence-corrected chi connectivity index (χ3v) is 4.38. The number of hydrogen-bond acceptors (Lipinski definition) is 3. The summed E-state index contributed by atoms with van der Waals surface area (Å²) in [5.41, 5.74) is 1.73. The van der Waals surface area contributed by atoms with E-state index in [1.165, 1.54) is 0 Å². The Morgan fingerprint density at radius 1 is 1.32 bits per heavy atom. The van der Waals surface area contributed by atoms with Crippen molar-refractivity contribution in [3.8, 4) is 11.5 Å². The fourth-order valence-corrected chi connectivity index (χ4v) is 3.03. The first-order valence-electron chi connectivity index (χ1n) is 6.57. The van der Waals surface area contributed by atoms with Crippen LogP contribution in [0.2, 0.25) is 0 Å². The molecular formula is C15H21BrO3. The summed E-state index contributed by atoms with van der Waals surface area (Å²) >= 11 is 3.60. The van der Waals surface area contributed by atoms with E-state index in [4.69, 9.17) is 9.47 Å². The van der Waals surface area contributed by atoms with Crippen molar-refractivity contribution in [1.29, 1.82) is 0 Å². The molecule has 1 saturated carbocycles. The van der Waals surface area contributed by atoms with Crippen LogP contribution in [0.5, 0.6) is 11.5 Å². The van der Waals surface area contributed by atoms with Crippen molar-refractivity contribution in [2.45, 2.75) is 44.6 Å². The number of ether oxygens (including phenoxy) is 2. The molecular weight excluding hydrogens is 308 g/mol. The molecule has 0 atom stereocenters. The molecule has 2 rings (SSSR count). The van der Waals surface area contributed by atoms with Gasteiger partial charge in [0.15, 0.2) is 11.5 Å². The molecule has 0 heterocycles. The van der Waals surface area contributed by atoms with E-state index in [0.717, 1.165) is 39.9 Å². The van der Waals surface area contributed by atoms with Gasteiger partial charge in [0.05, 0.1) is 19.8 Å². The summed E-state index contributed by atoms with van der Waals surface area (Å²) in [6, 6.07) is 1.92. The lowest BCUT2D eigenvalue weighted by Gasteiger charge is -2.22. The molecule has 1 N–H and O–H groups in total. The molecule has 0 unspecified atom stereocenters. The summed E-state index contributed by atoms with van der Waals surface area (Å²) in [7, 11) is 3.30. The van der Waals surface area contributed by atoms with E-state index in [9.17, 15) is 5.11 Å². The quantitative estimate of drug-likeness (QED) is 0.896. The minimum Gasteiger partial charge on any atom is -0.493 e. The first-order valence-corrected chi connectivity index (χ1v) is 7.37. The maximum atomic E-state index is 10.2. The highest BCUT2D eigenvalue weighted by molar-refractivity contribution is 9.10. The van der Waals surface area contributed by atoms with Crippen LogP contribution in [0.15, 0.2) is 10.5 Å². The Morgan fingerprint density at radius 3 is 2.37 bits per heavy atom. The third kappa shape index (κ3) is 2.90. The van der Waals surface area contributed by atoms with Gasteiger partial charge in [0.2, 0.25) is 0 Å². The molecule has 1 aromatic rings. The summed E-state index contributed by atoms with van der Waals surface area (Å²) in [5, 5.41) is 10.2. The first kappa shape index (κ1) is 14.7. The third-order valence-electron chi connectivity index (χ3n) is 3.67. The number of aliphatic hydroxyl groups is 1. The summed E-state index contributed by atoms with van der Waals surface area (Å²) in [6.07, 6.45) is 2.43. The Labute approximate surface area is 123 Å². The summed E-state index contributed by atoms with van der Waals surface area (Å²) in [5.74, 6) is 1.81. The molecule has 4 heteroatoms. The molecule has 0 bridgehead atoms. The van der Waals surface area contributed by atoms with E-state index in [-0.39, 0.29) is 0 Å². The normalized spacial score (nSPS) is 16.6. The topological polar surface area (TPSA) is 38.7 Å². The lowest BCUT2D eigenvalue weighted by atomic mass is 9.91. The van der Waals surface area contributed by atoms with Crippen molar-refractivity contribution in [3.63, 3.8) is 0 Å². The average molecular weight is 329 g/mol. The van der Waals surface area contributed by atoms with E-state index >= 15 is 0 Å². The van der Waals surface area contributed by atoms with Gasteiger partial charge in [0, 0.05) is 16.5 Å². The molecule has 3 nitrogen and oxygen atoms in total. The van der Waals surface area contributed by atoms with Gasteiger partial charge in [-0.05, 0) is 30.4 Å². The highest BCUT2D eigenvalue weighted by Crippen LogP contribution is 2.46. The van der Waals surface area contributed by atoms with Gasteiger partial charge in [-0.1, -0.05) is 29.8 Å². The van der Waals surface area contributed by atoms with Crippen molar-refractivity contribution in [3.05, 3.63) is 21.7 Å². The fourth-order valence-electron chi connectivity index (χ4n) is 2.47. The lowest BCUT2D eigenvalue weighted by Crippen LogP contribution is -2.14.